The van der Waals surface area contributed by atoms with E-state index in [-0.39, 0.29) is 104 Å². The Labute approximate surface area is 102 Å². The third-order valence-corrected chi connectivity index (χ3v) is 0. The van der Waals surface area contributed by atoms with Crippen molar-refractivity contribution in [3.05, 3.63) is 0 Å². The molecule has 24 valence electrons. The summed E-state index contributed by atoms with van der Waals surface area (Å²) in [6, 6.07) is 0. The summed E-state index contributed by atoms with van der Waals surface area (Å²) in [6.07, 6.45) is 0. The molecule has 0 aromatic carbocycles. The Bertz CT molecular complexity index is 8.00. The quantitative estimate of drug-likeness (QED) is 0.414. The molecule has 4 heavy (non-hydrogen) atoms. The van der Waals surface area contributed by atoms with Gasteiger partial charge in [-0.3, -0.25) is 0 Å². The first-order valence-electron chi connectivity index (χ1n) is 0. The molecular weight excluding hydrogens is 327 g/mol. The van der Waals surface area contributed by atoms with Gasteiger partial charge in [0.2, 0.25) is 0 Å². The van der Waals surface area contributed by atoms with Gasteiger partial charge in [0.25, 0.3) is 0 Å². The van der Waals surface area contributed by atoms with E-state index in [0.29, 0.717) is 0 Å². The van der Waals surface area contributed by atoms with Gasteiger partial charge >= 0.3 is 47.0 Å². The molecule has 0 heterocycles. The van der Waals surface area contributed by atoms with Crippen molar-refractivity contribution < 1.29 is 39.9 Å². The van der Waals surface area contributed by atoms with Gasteiger partial charge in [0.05, 0.1) is 0 Å². The van der Waals surface area contributed by atoms with Gasteiger partial charge in [-0.25, -0.2) is 0 Å². The Hall–Kier alpha value is 3.42. The molecule has 0 nitrogen and oxygen atoms in total. The third-order valence-electron chi connectivity index (χ3n) is 0. The average Bonchev–Trinajstić information content (AvgIpc) is 0. The maximum absolute atomic E-state index is 0. The normalized spacial score (nSPS) is 0. The van der Waals surface area contributed by atoms with Crippen LogP contribution in [-0.4, -0.2) is 64.3 Å². The molecule has 0 aliphatic carbocycles. The SMILES string of the molecule is [AlH3].[Gd].[MgH2].[SnH2]. The van der Waals surface area contributed by atoms with E-state index >= 15 is 0 Å². The first-order valence-corrected chi connectivity index (χ1v) is 0. The Kier molecular flexibility index (Phi) is 105. The predicted molar refractivity (Wildman–Crippen MR) is 27.0 cm³/mol. The molecule has 0 saturated carbocycles. The third kappa shape index (κ3) is 9.05. The van der Waals surface area contributed by atoms with Crippen LogP contribution in [0.25, 0.3) is 0 Å². The van der Waals surface area contributed by atoms with Crippen LogP contribution in [0.5, 0.6) is 0 Å². The van der Waals surface area contributed by atoms with Gasteiger partial charge in [0.1, 0.15) is 0 Å². The molecule has 0 spiro atoms. The summed E-state index contributed by atoms with van der Waals surface area (Å²) in [7, 11) is 0. The molecule has 0 aromatic rings. The Morgan fingerprint density at radius 1 is 1.00 bits per heavy atom. The molecule has 0 fully saturated rings. The summed E-state index contributed by atoms with van der Waals surface area (Å²) in [5.41, 5.74) is 0. The molecule has 0 aromatic heterocycles. The van der Waals surface area contributed by atoms with Gasteiger partial charge < -0.3 is 0 Å². The van der Waals surface area contributed by atoms with E-state index in [1.165, 1.54) is 0 Å². The molecule has 0 aliphatic rings. The number of hydrogen-bond acceptors (Lipinski definition) is 0. The number of hydrogen-bond donors (Lipinski definition) is 0. The molecular formula is H7AlGdMgSn. The van der Waals surface area contributed by atoms with Crippen LogP contribution >= 0.6 is 0 Å². The zero-order valence-corrected chi connectivity index (χ0v) is 7.37. The van der Waals surface area contributed by atoms with Gasteiger partial charge in [0.15, 0.2) is 17.4 Å². The van der Waals surface area contributed by atoms with Crippen LogP contribution in [0.2, 0.25) is 0 Å². The molecule has 0 unspecified atom stereocenters. The van der Waals surface area contributed by atoms with Crippen LogP contribution in [-0.2, 0) is 0 Å². The molecule has 0 saturated heterocycles. The zero-order chi connectivity index (χ0) is 0. The summed E-state index contributed by atoms with van der Waals surface area (Å²) < 4.78 is 0. The molecule has 0 aliphatic heterocycles. The van der Waals surface area contributed by atoms with Crippen LogP contribution in [0.1, 0.15) is 0 Å². The van der Waals surface area contributed by atoms with Crippen molar-refractivity contribution in [1.29, 1.82) is 0 Å². The molecule has 2 radical (unpaired) electrons. The topological polar surface area (TPSA) is 0 Å². The van der Waals surface area contributed by atoms with E-state index in [1.54, 1.807) is 0 Å². The van der Waals surface area contributed by atoms with Crippen LogP contribution in [0.4, 0.5) is 0 Å². The summed E-state index contributed by atoms with van der Waals surface area (Å²) in [5, 5.41) is 0. The Morgan fingerprint density at radius 3 is 1.00 bits per heavy atom. The first kappa shape index (κ1) is 26.1. The van der Waals surface area contributed by atoms with Gasteiger partial charge in [-0.05, 0) is 0 Å². The summed E-state index contributed by atoms with van der Waals surface area (Å²) >= 11 is 0. The molecule has 0 rings (SSSR count). The van der Waals surface area contributed by atoms with Gasteiger partial charge in [-0.15, -0.1) is 0 Å². The average molecular weight is 334 g/mol. The van der Waals surface area contributed by atoms with Crippen molar-refractivity contribution >= 4 is 64.3 Å². The fourth-order valence-corrected chi connectivity index (χ4v) is 0. The van der Waals surface area contributed by atoms with Gasteiger partial charge in [-0.1, -0.05) is 0 Å². The van der Waals surface area contributed by atoms with Crippen molar-refractivity contribution in [1.82, 2.24) is 0 Å². The van der Waals surface area contributed by atoms with E-state index in [0.717, 1.165) is 0 Å². The van der Waals surface area contributed by atoms with Crippen molar-refractivity contribution in [3.8, 4) is 0 Å². The molecule has 4 heteroatoms. The minimum absolute atomic E-state index is 0. The van der Waals surface area contributed by atoms with Crippen LogP contribution in [0.15, 0.2) is 0 Å². The number of rotatable bonds is 0. The predicted octanol–water partition coefficient (Wildman–Crippen LogP) is -3.02. The van der Waals surface area contributed by atoms with Crippen molar-refractivity contribution in [2.24, 2.45) is 0 Å². The van der Waals surface area contributed by atoms with E-state index < -0.39 is 0 Å². The Morgan fingerprint density at radius 2 is 1.00 bits per heavy atom. The van der Waals surface area contributed by atoms with E-state index in [2.05, 4.69) is 0 Å². The summed E-state index contributed by atoms with van der Waals surface area (Å²) in [6.45, 7) is 0. The van der Waals surface area contributed by atoms with Crippen LogP contribution in [0.3, 0.4) is 0 Å². The maximum atomic E-state index is 0. The molecule has 0 amide bonds. The first-order chi connectivity index (χ1) is 0. The second-order valence-corrected chi connectivity index (χ2v) is 0. The van der Waals surface area contributed by atoms with Crippen molar-refractivity contribution in [2.45, 2.75) is 0 Å². The van der Waals surface area contributed by atoms with E-state index in [4.69, 9.17) is 0 Å². The molecule has 0 atom stereocenters. The fraction of sp³-hybridized carbons (Fsp3) is 0. The minimum atomic E-state index is 0. The van der Waals surface area contributed by atoms with E-state index in [9.17, 15) is 0 Å². The monoisotopic (exact) mass is 336 g/mol. The second kappa shape index (κ2) is 16.1. The summed E-state index contributed by atoms with van der Waals surface area (Å²) in [5.74, 6) is 0. The second-order valence-electron chi connectivity index (χ2n) is 0. The van der Waals surface area contributed by atoms with Gasteiger partial charge in [0, 0.05) is 39.9 Å². The van der Waals surface area contributed by atoms with Gasteiger partial charge in [-0.2, -0.15) is 0 Å². The van der Waals surface area contributed by atoms with Crippen molar-refractivity contribution in [3.63, 3.8) is 0 Å². The zero-order valence-electron chi connectivity index (χ0n) is 1.06. The van der Waals surface area contributed by atoms with Crippen LogP contribution in [0, 0.1) is 39.9 Å². The van der Waals surface area contributed by atoms with Crippen LogP contribution < -0.4 is 0 Å². The van der Waals surface area contributed by atoms with Crippen molar-refractivity contribution in [2.75, 3.05) is 0 Å². The standard InChI is InChI=1S/Al.Gd.Mg.Sn.7H. The molecule has 0 bridgehead atoms. The Balaban J connectivity index is 0. The fourth-order valence-electron chi connectivity index (χ4n) is 0. The summed E-state index contributed by atoms with van der Waals surface area (Å²) in [4.78, 5) is 0. The molecule has 0 N–H and O–H groups in total. The van der Waals surface area contributed by atoms with E-state index in [1.807, 2.05) is 0 Å².